The number of hydrogen-bond acceptors (Lipinski definition) is 10. The number of carbonyl (C=O) groups is 1. The van der Waals surface area contributed by atoms with Gasteiger partial charge in [-0.25, -0.2) is 0 Å². The summed E-state index contributed by atoms with van der Waals surface area (Å²) in [6.07, 6.45) is 1.65. The van der Waals surface area contributed by atoms with Gasteiger partial charge < -0.3 is 19.7 Å². The third kappa shape index (κ3) is 6.20. The summed E-state index contributed by atoms with van der Waals surface area (Å²) in [5.41, 5.74) is 0.447. The number of ketones is 1. The normalized spacial score (nSPS) is 16.6. The average Bonchev–Trinajstić information content (AvgIpc) is 3.47. The molecule has 3 heterocycles. The minimum absolute atomic E-state index is 0.0142. The molecule has 9 nitrogen and oxygen atoms in total. The van der Waals surface area contributed by atoms with Crippen LogP contribution < -0.4 is 15.0 Å². The second-order valence-electron chi connectivity index (χ2n) is 7.59. The molecule has 1 fully saturated rings. The van der Waals surface area contributed by atoms with Gasteiger partial charge in [0.25, 0.3) is 0 Å². The van der Waals surface area contributed by atoms with E-state index in [4.69, 9.17) is 4.74 Å². The molecule has 0 saturated carbocycles. The second kappa shape index (κ2) is 11.3. The zero-order chi connectivity index (χ0) is 23.9. The number of halogens is 2. The van der Waals surface area contributed by atoms with Crippen LogP contribution in [0.5, 0.6) is 5.75 Å². The summed E-state index contributed by atoms with van der Waals surface area (Å²) in [7, 11) is 0. The lowest BCUT2D eigenvalue weighted by atomic mass is 10.0. The number of rotatable bonds is 11. The highest BCUT2D eigenvalue weighted by Gasteiger charge is 2.26. The maximum absolute atomic E-state index is 13.0. The van der Waals surface area contributed by atoms with Gasteiger partial charge in [0.1, 0.15) is 16.9 Å². The number of alkyl halides is 2. The van der Waals surface area contributed by atoms with Crippen LogP contribution in [0.4, 0.5) is 19.7 Å². The van der Waals surface area contributed by atoms with Crippen molar-refractivity contribution in [2.24, 2.45) is 0 Å². The van der Waals surface area contributed by atoms with Crippen molar-refractivity contribution in [2.45, 2.75) is 38.5 Å². The van der Waals surface area contributed by atoms with E-state index in [1.165, 1.54) is 23.5 Å². The van der Waals surface area contributed by atoms with E-state index in [2.05, 4.69) is 35.3 Å². The average molecular weight is 491 g/mol. The Kier molecular flexibility index (Phi) is 7.91. The van der Waals surface area contributed by atoms with Gasteiger partial charge in [0.05, 0.1) is 6.42 Å². The Bertz CT molecular complexity index is 1090. The highest BCUT2D eigenvalue weighted by atomic mass is 32.1. The molecule has 2 aromatic heterocycles. The first-order valence-corrected chi connectivity index (χ1v) is 11.6. The van der Waals surface area contributed by atoms with Gasteiger partial charge in [-0.1, -0.05) is 23.5 Å². The topological polar surface area (TPSA) is 102 Å². The summed E-state index contributed by atoms with van der Waals surface area (Å²) in [6, 6.07) is 9.94. The molecule has 0 spiro atoms. The number of nitrogens with zero attached hydrogens (tertiary/aromatic N) is 5. The number of hydrogen-bond donors (Lipinski definition) is 1. The minimum Gasteiger partial charge on any atom is -0.435 e. The molecule has 1 N–H and O–H groups in total. The molecule has 1 aliphatic rings. The quantitative estimate of drug-likeness (QED) is 0.433. The smallest absolute Gasteiger partial charge is 0.387 e. The second-order valence-corrected chi connectivity index (χ2v) is 8.65. The predicted molar refractivity (Wildman–Crippen MR) is 122 cm³/mol. The molecule has 0 amide bonds. The van der Waals surface area contributed by atoms with Crippen molar-refractivity contribution in [2.75, 3.05) is 29.9 Å². The molecule has 0 unspecified atom stereocenters. The summed E-state index contributed by atoms with van der Waals surface area (Å²) in [4.78, 5) is 15.1. The Balaban J connectivity index is 1.36. The predicted octanol–water partition coefficient (Wildman–Crippen LogP) is 3.51. The van der Waals surface area contributed by atoms with Crippen LogP contribution in [0.3, 0.4) is 0 Å². The van der Waals surface area contributed by atoms with Crippen molar-refractivity contribution in [3.63, 3.8) is 0 Å². The highest BCUT2D eigenvalue weighted by Crippen LogP contribution is 2.27. The Morgan fingerprint density at radius 2 is 2.15 bits per heavy atom. The Morgan fingerprint density at radius 1 is 1.26 bits per heavy atom. The maximum Gasteiger partial charge on any atom is 0.387 e. The highest BCUT2D eigenvalue weighted by molar-refractivity contribution is 7.15. The van der Waals surface area contributed by atoms with Crippen LogP contribution in [0, 0.1) is 0 Å². The molecule has 0 bridgehead atoms. The Morgan fingerprint density at radius 3 is 2.91 bits per heavy atom. The van der Waals surface area contributed by atoms with E-state index in [1.807, 2.05) is 12.1 Å². The van der Waals surface area contributed by atoms with Gasteiger partial charge in [-0.15, -0.1) is 15.3 Å². The van der Waals surface area contributed by atoms with Gasteiger partial charge in [0, 0.05) is 31.9 Å². The van der Waals surface area contributed by atoms with Crippen molar-refractivity contribution >= 4 is 28.1 Å². The zero-order valence-electron chi connectivity index (χ0n) is 18.4. The fourth-order valence-corrected chi connectivity index (χ4v) is 4.57. The van der Waals surface area contributed by atoms with Crippen LogP contribution in [-0.2, 0) is 16.0 Å². The number of benzene rings is 1. The van der Waals surface area contributed by atoms with Gasteiger partial charge in [-0.3, -0.25) is 4.79 Å². The first kappa shape index (κ1) is 23.9. The van der Waals surface area contributed by atoms with Gasteiger partial charge in [0.2, 0.25) is 5.13 Å². The van der Waals surface area contributed by atoms with Crippen LogP contribution in [0.1, 0.15) is 30.0 Å². The summed E-state index contributed by atoms with van der Waals surface area (Å²) in [5, 5.41) is 20.9. The van der Waals surface area contributed by atoms with Crippen molar-refractivity contribution in [3.8, 4) is 5.75 Å². The van der Waals surface area contributed by atoms with E-state index in [9.17, 15) is 13.6 Å². The molecule has 1 saturated heterocycles. The van der Waals surface area contributed by atoms with Crippen LogP contribution in [-0.4, -0.2) is 58.5 Å². The maximum atomic E-state index is 13.0. The molecule has 2 atom stereocenters. The molecular weight excluding hydrogens is 466 g/mol. The molecular formula is C22H24F2N6O3S. The lowest BCUT2D eigenvalue weighted by molar-refractivity contribution is -0.130. The zero-order valence-corrected chi connectivity index (χ0v) is 19.3. The lowest BCUT2D eigenvalue weighted by Crippen LogP contribution is -2.26. The molecule has 0 radical (unpaired) electrons. The molecule has 1 aliphatic heterocycles. The monoisotopic (exact) mass is 490 g/mol. The van der Waals surface area contributed by atoms with E-state index in [1.54, 1.807) is 25.3 Å². The standard InChI is InChI=1S/C22H24F2N6O3S/c1-2-32-20(14-5-3-6-16(11-14)33-21(23)24)17(31)12-19-28-29-22(34-19)26-15-8-10-30(13-15)18-7-4-9-25-27-18/h3-7,9,11,15,20-21H,2,8,10,12-13H2,1H3,(H,26,29)/t15-,20+/m1/s1. The number of anilines is 2. The first-order chi connectivity index (χ1) is 16.5. The van der Waals surface area contributed by atoms with Crippen LogP contribution in [0.2, 0.25) is 0 Å². The van der Waals surface area contributed by atoms with Crippen LogP contribution in [0.25, 0.3) is 0 Å². The molecule has 3 aromatic rings. The van der Waals surface area contributed by atoms with Crippen LogP contribution in [0.15, 0.2) is 42.6 Å². The van der Waals surface area contributed by atoms with Crippen molar-refractivity contribution in [3.05, 3.63) is 53.2 Å². The number of aromatic nitrogens is 4. The molecule has 180 valence electrons. The van der Waals surface area contributed by atoms with Gasteiger partial charge in [-0.05, 0) is 43.2 Å². The number of carbonyl (C=O) groups excluding carboxylic acids is 1. The molecule has 12 heteroatoms. The van der Waals surface area contributed by atoms with Crippen molar-refractivity contribution < 1.29 is 23.0 Å². The molecule has 4 rings (SSSR count). The van der Waals surface area contributed by atoms with E-state index in [0.717, 1.165) is 25.3 Å². The lowest BCUT2D eigenvalue weighted by Gasteiger charge is -2.17. The largest absolute Gasteiger partial charge is 0.435 e. The third-order valence-corrected chi connectivity index (χ3v) is 6.06. The van der Waals surface area contributed by atoms with Gasteiger partial charge in [0.15, 0.2) is 11.6 Å². The summed E-state index contributed by atoms with van der Waals surface area (Å²) < 4.78 is 35.2. The number of nitrogens with one attached hydrogen (secondary N) is 1. The molecule has 34 heavy (non-hydrogen) atoms. The minimum atomic E-state index is -2.95. The van der Waals surface area contributed by atoms with Gasteiger partial charge in [-0.2, -0.15) is 13.9 Å². The Labute approximate surface area is 199 Å². The Hall–Kier alpha value is -3.25. The SMILES string of the molecule is CCO[C@H](C(=O)Cc1nnc(N[C@@H]2CCN(c3cccnn3)C2)s1)c1cccc(OC(F)F)c1. The summed E-state index contributed by atoms with van der Waals surface area (Å²) >= 11 is 1.31. The van der Waals surface area contributed by atoms with E-state index in [0.29, 0.717) is 15.7 Å². The van der Waals surface area contributed by atoms with Crippen LogP contribution >= 0.6 is 11.3 Å². The van der Waals surface area contributed by atoms with E-state index >= 15 is 0 Å². The fourth-order valence-electron chi connectivity index (χ4n) is 3.74. The van der Waals surface area contributed by atoms with Crippen molar-refractivity contribution in [1.82, 2.24) is 20.4 Å². The van der Waals surface area contributed by atoms with Crippen molar-refractivity contribution in [1.29, 1.82) is 0 Å². The number of Topliss-reactive ketones (excluding diaryl/α,β-unsaturated/α-hetero) is 1. The van der Waals surface area contributed by atoms with Gasteiger partial charge >= 0.3 is 6.61 Å². The van der Waals surface area contributed by atoms with E-state index < -0.39 is 12.7 Å². The summed E-state index contributed by atoms with van der Waals surface area (Å²) in [5.74, 6) is 0.563. The number of ether oxygens (including phenoxy) is 2. The molecule has 0 aliphatic carbocycles. The fraction of sp³-hybridized carbons (Fsp3) is 0.409. The first-order valence-electron chi connectivity index (χ1n) is 10.8. The van der Waals surface area contributed by atoms with E-state index in [-0.39, 0.29) is 30.6 Å². The molecule has 1 aromatic carbocycles. The third-order valence-electron chi connectivity index (χ3n) is 5.20. The summed E-state index contributed by atoms with van der Waals surface area (Å²) in [6.45, 7) is 0.708.